The summed E-state index contributed by atoms with van der Waals surface area (Å²) in [4.78, 5) is 0. The van der Waals surface area contributed by atoms with Crippen LogP contribution in [0.3, 0.4) is 0 Å². The molecule has 1 aromatic rings. The van der Waals surface area contributed by atoms with Crippen LogP contribution in [0.1, 0.15) is 38.2 Å². The van der Waals surface area contributed by atoms with Crippen molar-refractivity contribution in [1.82, 2.24) is 5.32 Å². The lowest BCUT2D eigenvalue weighted by Gasteiger charge is -2.14. The number of methoxy groups -OCH3 is 1. The van der Waals surface area contributed by atoms with Gasteiger partial charge in [0.25, 0.3) is 0 Å². The monoisotopic (exact) mass is 359 g/mol. The Bertz CT molecular complexity index is 413. The van der Waals surface area contributed by atoms with Gasteiger partial charge in [0, 0.05) is 13.2 Å². The SMILES string of the molecule is CCCNCc1cc(Br)c(OCCCCCO)c(OC)c1. The fourth-order valence-electron chi connectivity index (χ4n) is 1.99. The van der Waals surface area contributed by atoms with E-state index in [1.165, 1.54) is 5.56 Å². The molecule has 0 heterocycles. The summed E-state index contributed by atoms with van der Waals surface area (Å²) in [7, 11) is 1.66. The van der Waals surface area contributed by atoms with Crippen LogP contribution in [0.4, 0.5) is 0 Å². The van der Waals surface area contributed by atoms with E-state index in [0.29, 0.717) is 6.61 Å². The molecule has 0 unspecified atom stereocenters. The maximum atomic E-state index is 8.75. The fraction of sp³-hybridized carbons (Fsp3) is 0.625. The van der Waals surface area contributed by atoms with E-state index < -0.39 is 0 Å². The smallest absolute Gasteiger partial charge is 0.175 e. The van der Waals surface area contributed by atoms with E-state index in [4.69, 9.17) is 14.6 Å². The zero-order chi connectivity index (χ0) is 15.5. The topological polar surface area (TPSA) is 50.7 Å². The van der Waals surface area contributed by atoms with Crippen LogP contribution < -0.4 is 14.8 Å². The van der Waals surface area contributed by atoms with Gasteiger partial charge in [-0.1, -0.05) is 6.92 Å². The van der Waals surface area contributed by atoms with Crippen LogP contribution in [0, 0.1) is 0 Å². The highest BCUT2D eigenvalue weighted by molar-refractivity contribution is 9.10. The molecule has 0 atom stereocenters. The van der Waals surface area contributed by atoms with Crippen LogP contribution in [0.25, 0.3) is 0 Å². The summed E-state index contributed by atoms with van der Waals surface area (Å²) in [6.07, 6.45) is 3.84. The molecule has 0 aromatic heterocycles. The normalized spacial score (nSPS) is 10.7. The van der Waals surface area contributed by atoms with Gasteiger partial charge < -0.3 is 19.9 Å². The van der Waals surface area contributed by atoms with Gasteiger partial charge >= 0.3 is 0 Å². The Kier molecular flexibility index (Phi) is 9.46. The molecule has 0 saturated heterocycles. The maximum absolute atomic E-state index is 8.75. The Morgan fingerprint density at radius 1 is 1.24 bits per heavy atom. The minimum atomic E-state index is 0.243. The molecule has 0 saturated carbocycles. The van der Waals surface area contributed by atoms with Crippen molar-refractivity contribution >= 4 is 15.9 Å². The molecule has 2 N–H and O–H groups in total. The summed E-state index contributed by atoms with van der Waals surface area (Å²) in [5.41, 5.74) is 1.17. The molecule has 0 aliphatic heterocycles. The van der Waals surface area contributed by atoms with Gasteiger partial charge in [0.05, 0.1) is 18.2 Å². The molecular weight excluding hydrogens is 334 g/mol. The van der Waals surface area contributed by atoms with Crippen molar-refractivity contribution in [3.05, 3.63) is 22.2 Å². The van der Waals surface area contributed by atoms with Crippen molar-refractivity contribution in [2.24, 2.45) is 0 Å². The fourth-order valence-corrected chi connectivity index (χ4v) is 2.59. The average Bonchev–Trinajstić information content (AvgIpc) is 2.48. The van der Waals surface area contributed by atoms with Crippen molar-refractivity contribution in [3.63, 3.8) is 0 Å². The highest BCUT2D eigenvalue weighted by atomic mass is 79.9. The van der Waals surface area contributed by atoms with Gasteiger partial charge in [-0.2, -0.15) is 0 Å². The number of hydrogen-bond acceptors (Lipinski definition) is 4. The number of ether oxygens (including phenoxy) is 2. The van der Waals surface area contributed by atoms with E-state index in [2.05, 4.69) is 34.2 Å². The number of halogens is 1. The number of aliphatic hydroxyl groups is 1. The summed E-state index contributed by atoms with van der Waals surface area (Å²) in [6.45, 7) is 4.84. The zero-order valence-corrected chi connectivity index (χ0v) is 14.5. The first kappa shape index (κ1) is 18.3. The highest BCUT2D eigenvalue weighted by Crippen LogP contribution is 2.36. The van der Waals surface area contributed by atoms with Crippen LogP contribution >= 0.6 is 15.9 Å². The van der Waals surface area contributed by atoms with Crippen molar-refractivity contribution in [3.8, 4) is 11.5 Å². The molecular formula is C16H26BrNO3. The van der Waals surface area contributed by atoms with Crippen LogP contribution in [0.2, 0.25) is 0 Å². The van der Waals surface area contributed by atoms with Gasteiger partial charge in [0.2, 0.25) is 0 Å². The minimum absolute atomic E-state index is 0.243. The molecule has 0 aliphatic carbocycles. The molecule has 5 heteroatoms. The summed E-state index contributed by atoms with van der Waals surface area (Å²) in [5.74, 6) is 1.50. The molecule has 0 bridgehead atoms. The lowest BCUT2D eigenvalue weighted by Crippen LogP contribution is -2.14. The molecule has 0 aliphatic rings. The van der Waals surface area contributed by atoms with Crippen LogP contribution in [-0.4, -0.2) is 32.0 Å². The summed E-state index contributed by atoms with van der Waals surface area (Å²) >= 11 is 3.56. The Morgan fingerprint density at radius 2 is 2.05 bits per heavy atom. The maximum Gasteiger partial charge on any atom is 0.175 e. The number of nitrogens with one attached hydrogen (secondary N) is 1. The summed E-state index contributed by atoms with van der Waals surface area (Å²) in [6, 6.07) is 4.07. The van der Waals surface area contributed by atoms with Gasteiger partial charge in [-0.3, -0.25) is 0 Å². The van der Waals surface area contributed by atoms with Gasteiger partial charge in [-0.25, -0.2) is 0 Å². The average molecular weight is 360 g/mol. The Balaban J connectivity index is 2.61. The molecule has 1 rings (SSSR count). The van der Waals surface area contributed by atoms with Crippen LogP contribution in [0.5, 0.6) is 11.5 Å². The second kappa shape index (κ2) is 10.9. The number of benzene rings is 1. The van der Waals surface area contributed by atoms with Crippen molar-refractivity contribution in [1.29, 1.82) is 0 Å². The zero-order valence-electron chi connectivity index (χ0n) is 13.0. The lowest BCUT2D eigenvalue weighted by molar-refractivity contribution is 0.259. The third kappa shape index (κ3) is 6.68. The predicted octanol–water partition coefficient (Wildman–Crippen LogP) is 3.50. The first-order valence-electron chi connectivity index (χ1n) is 7.53. The third-order valence-corrected chi connectivity index (χ3v) is 3.68. The third-order valence-electron chi connectivity index (χ3n) is 3.09. The van der Waals surface area contributed by atoms with Gasteiger partial charge in [-0.05, 0) is 65.9 Å². The quantitative estimate of drug-likeness (QED) is 0.593. The van der Waals surface area contributed by atoms with Crippen LogP contribution in [-0.2, 0) is 6.54 Å². The van der Waals surface area contributed by atoms with E-state index >= 15 is 0 Å². The van der Waals surface area contributed by atoms with Crippen molar-refractivity contribution < 1.29 is 14.6 Å². The molecule has 1 aromatic carbocycles. The number of aliphatic hydroxyl groups excluding tert-OH is 1. The second-order valence-corrected chi connectivity index (χ2v) is 5.77. The second-order valence-electron chi connectivity index (χ2n) is 4.92. The van der Waals surface area contributed by atoms with E-state index in [9.17, 15) is 0 Å². The Labute approximate surface area is 136 Å². The standard InChI is InChI=1S/C16H26BrNO3/c1-3-7-18-12-13-10-14(17)16(15(11-13)20-2)21-9-6-4-5-8-19/h10-11,18-19H,3-9,12H2,1-2H3. The molecule has 0 amide bonds. The van der Waals surface area contributed by atoms with Crippen LogP contribution in [0.15, 0.2) is 16.6 Å². The highest BCUT2D eigenvalue weighted by Gasteiger charge is 2.11. The molecule has 21 heavy (non-hydrogen) atoms. The number of hydrogen-bond donors (Lipinski definition) is 2. The van der Waals surface area contributed by atoms with E-state index in [0.717, 1.165) is 54.7 Å². The molecule has 0 spiro atoms. The lowest BCUT2D eigenvalue weighted by atomic mass is 10.2. The minimum Gasteiger partial charge on any atom is -0.493 e. The van der Waals surface area contributed by atoms with Gasteiger partial charge in [-0.15, -0.1) is 0 Å². The summed E-state index contributed by atoms with van der Waals surface area (Å²) in [5, 5.41) is 12.1. The van der Waals surface area contributed by atoms with E-state index in [-0.39, 0.29) is 6.61 Å². The first-order valence-corrected chi connectivity index (χ1v) is 8.33. The number of unbranched alkanes of at least 4 members (excludes halogenated alkanes) is 2. The van der Waals surface area contributed by atoms with E-state index in [1.54, 1.807) is 7.11 Å². The molecule has 120 valence electrons. The largest absolute Gasteiger partial charge is 0.493 e. The first-order chi connectivity index (χ1) is 10.2. The Morgan fingerprint density at radius 3 is 2.71 bits per heavy atom. The van der Waals surface area contributed by atoms with Crippen molar-refractivity contribution in [2.45, 2.75) is 39.2 Å². The van der Waals surface area contributed by atoms with E-state index in [1.807, 2.05) is 6.07 Å². The van der Waals surface area contributed by atoms with Gasteiger partial charge in [0.15, 0.2) is 11.5 Å². The van der Waals surface area contributed by atoms with Gasteiger partial charge in [0.1, 0.15) is 0 Å². The van der Waals surface area contributed by atoms with Crippen molar-refractivity contribution in [2.75, 3.05) is 26.9 Å². The molecule has 0 radical (unpaired) electrons. The molecule has 4 nitrogen and oxygen atoms in total. The predicted molar refractivity (Wildman–Crippen MR) is 89.1 cm³/mol. The summed E-state index contributed by atoms with van der Waals surface area (Å²) < 4.78 is 12.2. The molecule has 0 fully saturated rings. The Hall–Kier alpha value is -0.780. The number of rotatable bonds is 11.